The van der Waals surface area contributed by atoms with E-state index in [1.807, 2.05) is 0 Å². The zero-order chi connectivity index (χ0) is 14.8. The number of rotatable bonds is 9. The number of aliphatic carboxylic acids is 1. The van der Waals surface area contributed by atoms with Gasteiger partial charge in [0.15, 0.2) is 0 Å². The van der Waals surface area contributed by atoms with Gasteiger partial charge in [-0.2, -0.15) is 0 Å². The summed E-state index contributed by atoms with van der Waals surface area (Å²) in [6.45, 7) is 7.56. The predicted molar refractivity (Wildman–Crippen MR) is 75.2 cm³/mol. The van der Waals surface area contributed by atoms with Gasteiger partial charge in [0, 0.05) is 12.6 Å². The second-order valence-corrected chi connectivity index (χ2v) is 4.98. The van der Waals surface area contributed by atoms with Gasteiger partial charge < -0.3 is 20.6 Å². The molecule has 0 aromatic rings. The number of carbonyl (C=O) groups is 2. The van der Waals surface area contributed by atoms with Gasteiger partial charge in [-0.05, 0) is 46.7 Å². The Balaban J connectivity index is 3.67. The van der Waals surface area contributed by atoms with Crippen LogP contribution in [0.5, 0.6) is 0 Å². The lowest BCUT2D eigenvalue weighted by molar-refractivity contribution is -0.139. The van der Waals surface area contributed by atoms with Crippen LogP contribution in [-0.4, -0.2) is 54.2 Å². The Bertz CT molecular complexity index is 282. The minimum Gasteiger partial charge on any atom is -0.480 e. The van der Waals surface area contributed by atoms with Crippen molar-refractivity contribution in [3.05, 3.63) is 0 Å². The van der Waals surface area contributed by atoms with Crippen molar-refractivity contribution < 1.29 is 14.7 Å². The highest BCUT2D eigenvalue weighted by Gasteiger charge is 2.16. The fraction of sp³-hybridized carbons (Fsp3) is 0.846. The first-order valence-electron chi connectivity index (χ1n) is 6.85. The Hall–Kier alpha value is -1.30. The molecule has 0 saturated heterocycles. The normalized spacial score (nSPS) is 12.5. The zero-order valence-electron chi connectivity index (χ0n) is 12.4. The van der Waals surface area contributed by atoms with Crippen LogP contribution in [-0.2, 0) is 4.79 Å². The van der Waals surface area contributed by atoms with Crippen molar-refractivity contribution in [2.24, 2.45) is 0 Å². The maximum absolute atomic E-state index is 11.4. The molecule has 0 bridgehead atoms. The predicted octanol–water partition coefficient (Wildman–Crippen LogP) is 1.27. The molecule has 6 heteroatoms. The number of carbonyl (C=O) groups excluding carboxylic acids is 1. The highest BCUT2D eigenvalue weighted by atomic mass is 16.4. The van der Waals surface area contributed by atoms with E-state index in [1.165, 1.54) is 0 Å². The molecule has 0 heterocycles. The summed E-state index contributed by atoms with van der Waals surface area (Å²) in [4.78, 5) is 24.4. The van der Waals surface area contributed by atoms with E-state index in [0.29, 0.717) is 19.0 Å². The Morgan fingerprint density at radius 1 is 1.26 bits per heavy atom. The van der Waals surface area contributed by atoms with Crippen molar-refractivity contribution in [3.8, 4) is 0 Å². The van der Waals surface area contributed by atoms with Crippen molar-refractivity contribution in [2.75, 3.05) is 20.1 Å². The molecule has 3 N–H and O–H groups in total. The molecule has 0 saturated carbocycles. The van der Waals surface area contributed by atoms with E-state index in [4.69, 9.17) is 5.11 Å². The van der Waals surface area contributed by atoms with Crippen LogP contribution >= 0.6 is 0 Å². The van der Waals surface area contributed by atoms with Crippen LogP contribution < -0.4 is 10.6 Å². The number of carboxylic acid groups (broad SMARTS) is 1. The summed E-state index contributed by atoms with van der Waals surface area (Å²) in [6.07, 6.45) is 2.27. The number of nitrogens with one attached hydrogen (secondary N) is 2. The van der Waals surface area contributed by atoms with Crippen molar-refractivity contribution in [1.82, 2.24) is 15.5 Å². The van der Waals surface area contributed by atoms with E-state index >= 15 is 0 Å². The number of carboxylic acids is 1. The fourth-order valence-corrected chi connectivity index (χ4v) is 1.49. The molecule has 0 aromatic heterocycles. The number of amides is 2. The SMILES string of the molecule is CC[C@H](NC(=O)NCCCCN(C)C(C)C)C(=O)O. The highest BCUT2D eigenvalue weighted by Crippen LogP contribution is 1.97. The number of hydrogen-bond acceptors (Lipinski definition) is 3. The first kappa shape index (κ1) is 17.7. The van der Waals surface area contributed by atoms with Crippen molar-refractivity contribution in [3.63, 3.8) is 0 Å². The van der Waals surface area contributed by atoms with E-state index in [2.05, 4.69) is 36.4 Å². The summed E-state index contributed by atoms with van der Waals surface area (Å²) in [5.41, 5.74) is 0. The summed E-state index contributed by atoms with van der Waals surface area (Å²) < 4.78 is 0. The lowest BCUT2D eigenvalue weighted by Gasteiger charge is -2.20. The quantitative estimate of drug-likeness (QED) is 0.553. The topological polar surface area (TPSA) is 81.7 Å². The fourth-order valence-electron chi connectivity index (χ4n) is 1.49. The third-order valence-electron chi connectivity index (χ3n) is 3.12. The standard InChI is InChI=1S/C13H27N3O3/c1-5-11(12(17)18)15-13(19)14-8-6-7-9-16(4)10(2)3/h10-11H,5-9H2,1-4H3,(H,17,18)(H2,14,15,19)/t11-/m0/s1. The van der Waals surface area contributed by atoms with Crippen LogP contribution in [0.1, 0.15) is 40.0 Å². The lowest BCUT2D eigenvalue weighted by Crippen LogP contribution is -2.45. The van der Waals surface area contributed by atoms with E-state index < -0.39 is 18.0 Å². The molecule has 0 spiro atoms. The minimum absolute atomic E-state index is 0.377. The first-order valence-corrected chi connectivity index (χ1v) is 6.85. The van der Waals surface area contributed by atoms with Crippen LogP contribution in [0, 0.1) is 0 Å². The smallest absolute Gasteiger partial charge is 0.326 e. The van der Waals surface area contributed by atoms with Crippen molar-refractivity contribution in [1.29, 1.82) is 0 Å². The van der Waals surface area contributed by atoms with Crippen LogP contribution in [0.4, 0.5) is 4.79 Å². The Labute approximate surface area is 115 Å². The van der Waals surface area contributed by atoms with Gasteiger partial charge in [-0.3, -0.25) is 0 Å². The van der Waals surface area contributed by atoms with Gasteiger partial charge in [-0.15, -0.1) is 0 Å². The molecule has 0 aliphatic rings. The van der Waals surface area contributed by atoms with Crippen molar-refractivity contribution >= 4 is 12.0 Å². The average molecular weight is 273 g/mol. The van der Waals surface area contributed by atoms with Gasteiger partial charge in [-0.25, -0.2) is 9.59 Å². The van der Waals surface area contributed by atoms with E-state index in [1.54, 1.807) is 6.92 Å². The van der Waals surface area contributed by atoms with Gasteiger partial charge >= 0.3 is 12.0 Å². The largest absolute Gasteiger partial charge is 0.480 e. The van der Waals surface area contributed by atoms with Gasteiger partial charge in [0.2, 0.25) is 0 Å². The Morgan fingerprint density at radius 3 is 2.37 bits per heavy atom. The molecule has 0 aliphatic heterocycles. The van der Waals surface area contributed by atoms with Crippen LogP contribution in [0.3, 0.4) is 0 Å². The number of hydrogen-bond donors (Lipinski definition) is 3. The van der Waals surface area contributed by atoms with Gasteiger partial charge in [0.1, 0.15) is 6.04 Å². The monoisotopic (exact) mass is 273 g/mol. The maximum Gasteiger partial charge on any atom is 0.326 e. The molecule has 2 amide bonds. The zero-order valence-corrected chi connectivity index (χ0v) is 12.4. The highest BCUT2D eigenvalue weighted by molar-refractivity contribution is 5.82. The summed E-state index contributed by atoms with van der Waals surface area (Å²) >= 11 is 0. The molecule has 112 valence electrons. The van der Waals surface area contributed by atoms with E-state index in [9.17, 15) is 9.59 Å². The molecule has 0 unspecified atom stereocenters. The second-order valence-electron chi connectivity index (χ2n) is 4.98. The molecule has 0 fully saturated rings. The number of nitrogens with zero attached hydrogens (tertiary/aromatic N) is 1. The third kappa shape index (κ3) is 8.42. The molecular weight excluding hydrogens is 246 g/mol. The summed E-state index contributed by atoms with van der Waals surface area (Å²) in [5.74, 6) is -1.00. The second kappa shape index (κ2) is 9.61. The Morgan fingerprint density at radius 2 is 1.89 bits per heavy atom. The van der Waals surface area contributed by atoms with Gasteiger partial charge in [-0.1, -0.05) is 6.92 Å². The van der Waals surface area contributed by atoms with E-state index in [0.717, 1.165) is 19.4 Å². The van der Waals surface area contributed by atoms with Crippen LogP contribution in [0.15, 0.2) is 0 Å². The van der Waals surface area contributed by atoms with E-state index in [-0.39, 0.29) is 0 Å². The molecule has 1 atom stereocenters. The molecule has 0 aliphatic carbocycles. The maximum atomic E-state index is 11.4. The molecule has 19 heavy (non-hydrogen) atoms. The first-order chi connectivity index (χ1) is 8.88. The average Bonchev–Trinajstić information content (AvgIpc) is 2.34. The van der Waals surface area contributed by atoms with Gasteiger partial charge in [0.05, 0.1) is 0 Å². The molecule has 0 aromatic carbocycles. The molecular formula is C13H27N3O3. The minimum atomic E-state index is -1.00. The third-order valence-corrected chi connectivity index (χ3v) is 3.12. The molecule has 0 rings (SSSR count). The van der Waals surface area contributed by atoms with Crippen LogP contribution in [0.2, 0.25) is 0 Å². The van der Waals surface area contributed by atoms with Crippen LogP contribution in [0.25, 0.3) is 0 Å². The molecule has 0 radical (unpaired) electrons. The van der Waals surface area contributed by atoms with Crippen molar-refractivity contribution in [2.45, 2.75) is 52.1 Å². The number of unbranched alkanes of at least 4 members (excludes halogenated alkanes) is 1. The summed E-state index contributed by atoms with van der Waals surface area (Å²) in [7, 11) is 2.07. The summed E-state index contributed by atoms with van der Waals surface area (Å²) in [6, 6.07) is -0.698. The number of urea groups is 1. The van der Waals surface area contributed by atoms with Gasteiger partial charge in [0.25, 0.3) is 0 Å². The Kier molecular flexibility index (Phi) is 8.95. The lowest BCUT2D eigenvalue weighted by atomic mass is 10.2. The molecule has 6 nitrogen and oxygen atoms in total. The summed E-state index contributed by atoms with van der Waals surface area (Å²) in [5, 5.41) is 13.9.